The van der Waals surface area contributed by atoms with Gasteiger partial charge in [0.2, 0.25) is 0 Å². The number of hydrogen-bond acceptors (Lipinski definition) is 3. The molecular weight excluding hydrogens is 256 g/mol. The van der Waals surface area contributed by atoms with Gasteiger partial charge in [0.1, 0.15) is 0 Å². The highest BCUT2D eigenvalue weighted by atomic mass is 79.9. The highest BCUT2D eigenvalue weighted by molar-refractivity contribution is 9.10. The van der Waals surface area contributed by atoms with Crippen LogP contribution >= 0.6 is 15.9 Å². The fraction of sp³-hybridized carbons (Fsp3) is 0.455. The Balaban J connectivity index is 2.11. The van der Waals surface area contributed by atoms with Crippen LogP contribution < -0.4 is 10.8 Å². The molecule has 1 fully saturated rings. The first kappa shape index (κ1) is 10.9. The molecule has 1 saturated heterocycles. The number of hydrogen-bond donors (Lipinski definition) is 1. The van der Waals surface area contributed by atoms with E-state index >= 15 is 0 Å². The topological polar surface area (TPSA) is 38.5 Å². The summed E-state index contributed by atoms with van der Waals surface area (Å²) in [6.07, 6.45) is 2.37. The average Bonchev–Trinajstić information content (AvgIpc) is 2.68. The number of halogens is 1. The molecule has 1 aliphatic heterocycles. The Bertz CT molecular complexity index is 315. The van der Waals surface area contributed by atoms with Gasteiger partial charge in [0.25, 0.3) is 0 Å². The summed E-state index contributed by atoms with van der Waals surface area (Å²) in [6.45, 7) is 1.70. The Morgan fingerprint density at radius 1 is 1.40 bits per heavy atom. The highest BCUT2D eigenvalue weighted by Gasteiger charge is 2.24. The predicted octanol–water partition coefficient (Wildman–Crippen LogP) is 2.31. The quantitative estimate of drug-likeness (QED) is 0.857. The van der Waals surface area contributed by atoms with E-state index in [1.165, 1.54) is 12.1 Å². The molecule has 15 heavy (non-hydrogen) atoms. The van der Waals surface area contributed by atoms with Gasteiger partial charge in [-0.05, 0) is 37.1 Å². The van der Waals surface area contributed by atoms with Gasteiger partial charge >= 0.3 is 0 Å². The largest absolute Gasteiger partial charge is 0.366 e. The van der Waals surface area contributed by atoms with Crippen LogP contribution in [0.4, 0.5) is 5.69 Å². The second-order valence-corrected chi connectivity index (χ2v) is 4.71. The van der Waals surface area contributed by atoms with Gasteiger partial charge in [-0.1, -0.05) is 15.9 Å². The molecule has 0 amide bonds. The first-order valence-electron chi connectivity index (χ1n) is 5.15. The van der Waals surface area contributed by atoms with E-state index < -0.39 is 0 Å². The minimum atomic E-state index is 0.427. The lowest BCUT2D eigenvalue weighted by Crippen LogP contribution is -2.33. The van der Waals surface area contributed by atoms with Gasteiger partial charge in [0, 0.05) is 16.7 Å². The van der Waals surface area contributed by atoms with E-state index in [0.717, 1.165) is 17.4 Å². The number of nitrogens with two attached hydrogens (primary N) is 1. The van der Waals surface area contributed by atoms with Gasteiger partial charge in [-0.2, -0.15) is 0 Å². The minimum absolute atomic E-state index is 0.427. The molecule has 0 spiro atoms. The second kappa shape index (κ2) is 4.96. The molecule has 1 unspecified atom stereocenters. The molecule has 0 bridgehead atoms. The molecule has 4 heteroatoms. The molecule has 1 aromatic rings. The third-order valence-corrected chi connectivity index (χ3v) is 3.35. The van der Waals surface area contributed by atoms with Gasteiger partial charge in [-0.3, -0.25) is 0 Å². The van der Waals surface area contributed by atoms with Crippen molar-refractivity contribution >= 4 is 21.6 Å². The molecule has 1 atom stereocenters. The Labute approximate surface area is 98.3 Å². The van der Waals surface area contributed by atoms with Gasteiger partial charge in [-0.15, -0.1) is 0 Å². The van der Waals surface area contributed by atoms with E-state index in [9.17, 15) is 0 Å². The van der Waals surface area contributed by atoms with Crippen LogP contribution in [0.25, 0.3) is 0 Å². The van der Waals surface area contributed by atoms with E-state index in [2.05, 4.69) is 45.1 Å². The van der Waals surface area contributed by atoms with Crippen molar-refractivity contribution in [2.45, 2.75) is 18.9 Å². The van der Waals surface area contributed by atoms with Gasteiger partial charge in [-0.25, -0.2) is 5.90 Å². The van der Waals surface area contributed by atoms with Crippen LogP contribution in [0.15, 0.2) is 28.7 Å². The monoisotopic (exact) mass is 270 g/mol. The van der Waals surface area contributed by atoms with Crippen molar-refractivity contribution in [3.63, 3.8) is 0 Å². The van der Waals surface area contributed by atoms with Crippen LogP contribution in [0.5, 0.6) is 0 Å². The maximum atomic E-state index is 5.14. The summed E-state index contributed by atoms with van der Waals surface area (Å²) in [5.41, 5.74) is 1.25. The molecule has 2 rings (SSSR count). The smallest absolute Gasteiger partial charge is 0.0882 e. The Morgan fingerprint density at radius 2 is 2.13 bits per heavy atom. The Morgan fingerprint density at radius 3 is 2.80 bits per heavy atom. The zero-order valence-electron chi connectivity index (χ0n) is 8.53. The molecule has 1 aliphatic rings. The zero-order chi connectivity index (χ0) is 10.7. The summed E-state index contributed by atoms with van der Waals surface area (Å²) >= 11 is 3.44. The molecule has 0 aromatic heterocycles. The third-order valence-electron chi connectivity index (χ3n) is 2.82. The van der Waals surface area contributed by atoms with Crippen LogP contribution in [-0.2, 0) is 4.84 Å². The molecule has 0 radical (unpaired) electrons. The van der Waals surface area contributed by atoms with E-state index in [1.807, 2.05) is 0 Å². The van der Waals surface area contributed by atoms with Crippen LogP contribution in [-0.4, -0.2) is 19.2 Å². The Hall–Kier alpha value is -0.580. The number of nitrogens with zero attached hydrogens (tertiary/aromatic N) is 1. The summed E-state index contributed by atoms with van der Waals surface area (Å²) in [6, 6.07) is 8.80. The maximum absolute atomic E-state index is 5.14. The van der Waals surface area contributed by atoms with Crippen LogP contribution in [0.3, 0.4) is 0 Å². The lowest BCUT2D eigenvalue weighted by Gasteiger charge is -2.25. The molecule has 2 N–H and O–H groups in total. The molecule has 1 aromatic carbocycles. The van der Waals surface area contributed by atoms with E-state index in [4.69, 9.17) is 10.7 Å². The van der Waals surface area contributed by atoms with Crippen molar-refractivity contribution in [1.29, 1.82) is 0 Å². The van der Waals surface area contributed by atoms with Crippen molar-refractivity contribution in [3.05, 3.63) is 28.7 Å². The lowest BCUT2D eigenvalue weighted by molar-refractivity contribution is 0.124. The van der Waals surface area contributed by atoms with Crippen LogP contribution in [0.2, 0.25) is 0 Å². The summed E-state index contributed by atoms with van der Waals surface area (Å²) in [5, 5.41) is 0. The van der Waals surface area contributed by atoms with Crippen molar-refractivity contribution < 1.29 is 4.84 Å². The van der Waals surface area contributed by atoms with Gasteiger partial charge in [0.05, 0.1) is 12.6 Å². The fourth-order valence-corrected chi connectivity index (χ4v) is 2.36. The van der Waals surface area contributed by atoms with Gasteiger partial charge in [0.15, 0.2) is 0 Å². The number of benzene rings is 1. The number of anilines is 1. The predicted molar refractivity (Wildman–Crippen MR) is 64.6 cm³/mol. The first-order valence-corrected chi connectivity index (χ1v) is 5.94. The number of rotatable bonds is 3. The summed E-state index contributed by atoms with van der Waals surface area (Å²) in [7, 11) is 0. The first-order chi connectivity index (χ1) is 7.31. The lowest BCUT2D eigenvalue weighted by atomic mass is 10.2. The molecule has 3 nitrogen and oxygen atoms in total. The zero-order valence-corrected chi connectivity index (χ0v) is 10.1. The third kappa shape index (κ3) is 2.51. The van der Waals surface area contributed by atoms with E-state index in [1.54, 1.807) is 0 Å². The molecule has 0 saturated carbocycles. The second-order valence-electron chi connectivity index (χ2n) is 3.80. The molecular formula is C11H15BrN2O. The Kier molecular flexibility index (Phi) is 3.61. The molecule has 82 valence electrons. The van der Waals surface area contributed by atoms with Crippen molar-refractivity contribution in [1.82, 2.24) is 0 Å². The molecule has 0 aliphatic carbocycles. The van der Waals surface area contributed by atoms with E-state index in [-0.39, 0.29) is 0 Å². The summed E-state index contributed by atoms with van der Waals surface area (Å²) < 4.78 is 1.11. The van der Waals surface area contributed by atoms with Crippen molar-refractivity contribution in [3.8, 4) is 0 Å². The van der Waals surface area contributed by atoms with Crippen molar-refractivity contribution in [2.75, 3.05) is 18.1 Å². The normalized spacial score (nSPS) is 20.9. The summed E-state index contributed by atoms with van der Waals surface area (Å²) in [4.78, 5) is 7.11. The average molecular weight is 271 g/mol. The van der Waals surface area contributed by atoms with Gasteiger partial charge < -0.3 is 9.74 Å². The van der Waals surface area contributed by atoms with Crippen molar-refractivity contribution in [2.24, 2.45) is 5.90 Å². The summed E-state index contributed by atoms with van der Waals surface area (Å²) in [5.74, 6) is 5.14. The van der Waals surface area contributed by atoms with E-state index in [0.29, 0.717) is 12.6 Å². The SMILES string of the molecule is NOCC1CCCN1c1ccc(Br)cc1. The maximum Gasteiger partial charge on any atom is 0.0882 e. The highest BCUT2D eigenvalue weighted by Crippen LogP contribution is 2.26. The molecule has 1 heterocycles. The standard InChI is InChI=1S/C11H15BrN2O/c12-9-3-5-10(6-4-9)14-7-1-2-11(14)8-15-13/h3-6,11H,1-2,7-8,13H2. The fourth-order valence-electron chi connectivity index (χ4n) is 2.09. The van der Waals surface area contributed by atoms with Crippen LogP contribution in [0, 0.1) is 0 Å². The van der Waals surface area contributed by atoms with Crippen LogP contribution in [0.1, 0.15) is 12.8 Å². The minimum Gasteiger partial charge on any atom is -0.366 e.